The first kappa shape index (κ1) is 13.8. The van der Waals surface area contributed by atoms with Crippen molar-refractivity contribution in [3.63, 3.8) is 0 Å². The summed E-state index contributed by atoms with van der Waals surface area (Å²) in [6.07, 6.45) is 0. The van der Waals surface area contributed by atoms with Crippen LogP contribution in [0.1, 0.15) is 38.1 Å². The van der Waals surface area contributed by atoms with E-state index in [0.29, 0.717) is 16.7 Å². The minimum absolute atomic E-state index is 0.239. The van der Waals surface area contributed by atoms with E-state index in [1.54, 1.807) is 18.2 Å². The summed E-state index contributed by atoms with van der Waals surface area (Å²) in [5, 5.41) is 0.314. The SMILES string of the molecule is CC(C)C(C)(C)Oc1cccc(Cl)c1C(N)=O. The molecule has 1 aromatic rings. The van der Waals surface area contributed by atoms with Gasteiger partial charge in [0.2, 0.25) is 0 Å². The first-order valence-corrected chi connectivity index (χ1v) is 5.91. The molecule has 0 aliphatic heterocycles. The van der Waals surface area contributed by atoms with E-state index < -0.39 is 11.5 Å². The Morgan fingerprint density at radius 2 is 2.00 bits per heavy atom. The Labute approximate surface area is 107 Å². The van der Waals surface area contributed by atoms with Crippen LogP contribution >= 0.6 is 11.6 Å². The fourth-order valence-corrected chi connectivity index (χ4v) is 1.49. The maximum absolute atomic E-state index is 11.4. The van der Waals surface area contributed by atoms with Crippen LogP contribution in [0.25, 0.3) is 0 Å². The fraction of sp³-hybridized carbons (Fsp3) is 0.462. The topological polar surface area (TPSA) is 52.3 Å². The minimum atomic E-state index is -0.579. The number of nitrogens with two attached hydrogens (primary N) is 1. The molecule has 0 aliphatic carbocycles. The molecule has 0 heterocycles. The highest BCUT2D eigenvalue weighted by molar-refractivity contribution is 6.34. The molecule has 0 atom stereocenters. The van der Waals surface area contributed by atoms with Crippen molar-refractivity contribution < 1.29 is 9.53 Å². The molecule has 17 heavy (non-hydrogen) atoms. The van der Waals surface area contributed by atoms with E-state index in [-0.39, 0.29) is 5.56 Å². The van der Waals surface area contributed by atoms with Crippen molar-refractivity contribution in [1.29, 1.82) is 0 Å². The monoisotopic (exact) mass is 255 g/mol. The summed E-state index contributed by atoms with van der Waals surface area (Å²) in [6.45, 7) is 8.02. The average Bonchev–Trinajstić information content (AvgIpc) is 2.15. The van der Waals surface area contributed by atoms with Crippen LogP contribution in [-0.2, 0) is 0 Å². The molecule has 0 saturated carbocycles. The van der Waals surface area contributed by atoms with Crippen LogP contribution in [0.4, 0.5) is 0 Å². The van der Waals surface area contributed by atoms with E-state index in [0.717, 1.165) is 0 Å². The van der Waals surface area contributed by atoms with Gasteiger partial charge in [0.05, 0.1) is 10.6 Å². The summed E-state index contributed by atoms with van der Waals surface area (Å²) in [5.41, 5.74) is 5.15. The van der Waals surface area contributed by atoms with E-state index in [1.807, 2.05) is 13.8 Å². The Kier molecular flexibility index (Phi) is 4.04. The van der Waals surface area contributed by atoms with Gasteiger partial charge in [-0.25, -0.2) is 0 Å². The second kappa shape index (κ2) is 4.96. The number of carbonyl (C=O) groups excluding carboxylic acids is 1. The number of ether oxygens (including phenoxy) is 1. The third-order valence-corrected chi connectivity index (χ3v) is 3.30. The molecule has 0 saturated heterocycles. The lowest BCUT2D eigenvalue weighted by Crippen LogP contribution is -2.35. The highest BCUT2D eigenvalue weighted by Crippen LogP contribution is 2.31. The lowest BCUT2D eigenvalue weighted by Gasteiger charge is -2.31. The average molecular weight is 256 g/mol. The highest BCUT2D eigenvalue weighted by Gasteiger charge is 2.26. The van der Waals surface area contributed by atoms with E-state index in [4.69, 9.17) is 22.1 Å². The van der Waals surface area contributed by atoms with E-state index in [1.165, 1.54) is 0 Å². The first-order valence-electron chi connectivity index (χ1n) is 5.53. The predicted molar refractivity (Wildman–Crippen MR) is 69.5 cm³/mol. The van der Waals surface area contributed by atoms with Crippen LogP contribution in [0, 0.1) is 5.92 Å². The molecule has 2 N–H and O–H groups in total. The van der Waals surface area contributed by atoms with Gasteiger partial charge < -0.3 is 10.5 Å². The van der Waals surface area contributed by atoms with Crippen molar-refractivity contribution in [2.75, 3.05) is 0 Å². The van der Waals surface area contributed by atoms with Crippen LogP contribution in [0.15, 0.2) is 18.2 Å². The largest absolute Gasteiger partial charge is 0.487 e. The van der Waals surface area contributed by atoms with Gasteiger partial charge in [0, 0.05) is 0 Å². The van der Waals surface area contributed by atoms with Crippen molar-refractivity contribution in [3.8, 4) is 5.75 Å². The molecule has 0 aliphatic rings. The highest BCUT2D eigenvalue weighted by atomic mass is 35.5. The third-order valence-electron chi connectivity index (χ3n) is 2.99. The molecular formula is C13H18ClNO2. The van der Waals surface area contributed by atoms with E-state index in [2.05, 4.69) is 13.8 Å². The van der Waals surface area contributed by atoms with Crippen LogP contribution in [0.2, 0.25) is 5.02 Å². The maximum Gasteiger partial charge on any atom is 0.253 e. The summed E-state index contributed by atoms with van der Waals surface area (Å²) in [4.78, 5) is 11.4. The molecule has 4 heteroatoms. The Morgan fingerprint density at radius 1 is 1.41 bits per heavy atom. The molecule has 0 spiro atoms. The Balaban J connectivity index is 3.15. The number of hydrogen-bond acceptors (Lipinski definition) is 2. The number of primary amides is 1. The summed E-state index contributed by atoms with van der Waals surface area (Å²) >= 11 is 5.95. The van der Waals surface area contributed by atoms with Gasteiger partial charge in [-0.05, 0) is 31.9 Å². The lowest BCUT2D eigenvalue weighted by molar-refractivity contribution is 0.0584. The second-order valence-corrected chi connectivity index (χ2v) is 5.24. The minimum Gasteiger partial charge on any atom is -0.487 e. The standard InChI is InChI=1S/C13H18ClNO2/c1-8(2)13(3,4)17-10-7-5-6-9(14)11(10)12(15)16/h5-8H,1-4H3,(H2,15,16). The van der Waals surface area contributed by atoms with Gasteiger partial charge >= 0.3 is 0 Å². The number of carbonyl (C=O) groups is 1. The lowest BCUT2D eigenvalue weighted by atomic mass is 9.94. The van der Waals surface area contributed by atoms with Gasteiger partial charge in [0.1, 0.15) is 11.4 Å². The zero-order valence-corrected chi connectivity index (χ0v) is 11.3. The van der Waals surface area contributed by atoms with Gasteiger partial charge in [-0.1, -0.05) is 31.5 Å². The van der Waals surface area contributed by atoms with Gasteiger partial charge in [0.15, 0.2) is 0 Å². The van der Waals surface area contributed by atoms with E-state index >= 15 is 0 Å². The molecule has 0 unspecified atom stereocenters. The quantitative estimate of drug-likeness (QED) is 0.898. The Hall–Kier alpha value is -1.22. The zero-order valence-electron chi connectivity index (χ0n) is 10.6. The molecule has 0 aromatic heterocycles. The smallest absolute Gasteiger partial charge is 0.253 e. The molecule has 1 amide bonds. The molecule has 0 fully saturated rings. The zero-order chi connectivity index (χ0) is 13.2. The van der Waals surface area contributed by atoms with Gasteiger partial charge in [-0.2, -0.15) is 0 Å². The van der Waals surface area contributed by atoms with Crippen molar-refractivity contribution >= 4 is 17.5 Å². The third kappa shape index (κ3) is 3.13. The normalized spacial score (nSPS) is 11.6. The molecule has 94 valence electrons. The Bertz CT molecular complexity index is 427. The number of benzene rings is 1. The first-order chi connectivity index (χ1) is 7.75. The molecular weight excluding hydrogens is 238 g/mol. The van der Waals surface area contributed by atoms with Crippen LogP contribution in [0.5, 0.6) is 5.75 Å². The molecule has 1 rings (SSSR count). The van der Waals surface area contributed by atoms with Gasteiger partial charge in [0.25, 0.3) is 5.91 Å². The maximum atomic E-state index is 11.4. The van der Waals surface area contributed by atoms with E-state index in [9.17, 15) is 4.79 Å². The fourth-order valence-electron chi connectivity index (χ4n) is 1.23. The summed E-state index contributed by atoms with van der Waals surface area (Å²) in [6, 6.07) is 5.06. The summed E-state index contributed by atoms with van der Waals surface area (Å²) < 4.78 is 5.85. The van der Waals surface area contributed by atoms with Crippen molar-refractivity contribution in [2.45, 2.75) is 33.3 Å². The Morgan fingerprint density at radius 3 is 2.47 bits per heavy atom. The predicted octanol–water partition coefficient (Wildman–Crippen LogP) is 3.25. The van der Waals surface area contributed by atoms with Gasteiger partial charge in [-0.15, -0.1) is 0 Å². The van der Waals surface area contributed by atoms with Crippen molar-refractivity contribution in [1.82, 2.24) is 0 Å². The van der Waals surface area contributed by atoms with Crippen LogP contribution in [-0.4, -0.2) is 11.5 Å². The summed E-state index contributed by atoms with van der Waals surface area (Å²) in [5.74, 6) is 0.149. The van der Waals surface area contributed by atoms with Crippen LogP contribution in [0.3, 0.4) is 0 Å². The number of rotatable bonds is 4. The summed E-state index contributed by atoms with van der Waals surface area (Å²) in [7, 11) is 0. The van der Waals surface area contributed by atoms with Gasteiger partial charge in [-0.3, -0.25) is 4.79 Å². The van der Waals surface area contributed by atoms with Crippen molar-refractivity contribution in [2.24, 2.45) is 11.7 Å². The van der Waals surface area contributed by atoms with Crippen molar-refractivity contribution in [3.05, 3.63) is 28.8 Å². The molecule has 0 bridgehead atoms. The molecule has 0 radical (unpaired) electrons. The number of amides is 1. The number of hydrogen-bond donors (Lipinski definition) is 1. The number of halogens is 1. The second-order valence-electron chi connectivity index (χ2n) is 4.84. The van der Waals surface area contributed by atoms with Crippen LogP contribution < -0.4 is 10.5 Å². The molecule has 1 aromatic carbocycles. The molecule has 3 nitrogen and oxygen atoms in total.